The summed E-state index contributed by atoms with van der Waals surface area (Å²) in [6, 6.07) is -0.388. The number of hydrogen-bond acceptors (Lipinski definition) is 6. The Morgan fingerprint density at radius 3 is 2.65 bits per heavy atom. The van der Waals surface area contributed by atoms with Gasteiger partial charge in [0, 0.05) is 26.2 Å². The van der Waals surface area contributed by atoms with Crippen LogP contribution in [0.3, 0.4) is 0 Å². The fourth-order valence-electron chi connectivity index (χ4n) is 2.43. The Hall–Kier alpha value is -1.12. The van der Waals surface area contributed by atoms with Crippen LogP contribution in [0.25, 0.3) is 0 Å². The van der Waals surface area contributed by atoms with Crippen molar-refractivity contribution in [1.29, 1.82) is 0 Å². The molecule has 1 amide bonds. The number of halogens is 2. The topological polar surface area (TPSA) is 84.6 Å². The summed E-state index contributed by atoms with van der Waals surface area (Å²) in [5, 5.41) is 0. The molecule has 2 N–H and O–H groups in total. The molecule has 130 valence electrons. The molecule has 2 rings (SSSR count). The highest BCUT2D eigenvalue weighted by Gasteiger charge is 2.26. The first-order chi connectivity index (χ1) is 10.6. The number of nitrogens with two attached hydrogens (primary N) is 1. The zero-order valence-electron chi connectivity index (χ0n) is 13.4. The smallest absolute Gasteiger partial charge is 0.239 e. The third kappa shape index (κ3) is 4.92. The molecule has 1 aliphatic heterocycles. The van der Waals surface area contributed by atoms with Gasteiger partial charge in [-0.25, -0.2) is 4.98 Å². The number of anilines is 1. The van der Waals surface area contributed by atoms with Gasteiger partial charge < -0.3 is 20.3 Å². The SMILES string of the molecule is CCCC(N)C(=O)N1CCN(c2ncc(Br)c(OC)n2)CC1.Cl. The standard InChI is InChI=1S/C14H22BrN5O2.ClH/c1-3-4-11(16)13(21)19-5-7-20(8-6-19)14-17-9-10(15)12(18-14)22-2;/h9,11H,3-8,16H2,1-2H3;1H. The lowest BCUT2D eigenvalue weighted by Crippen LogP contribution is -2.53. The molecule has 0 aliphatic carbocycles. The van der Waals surface area contributed by atoms with Crippen LogP contribution in [0, 0.1) is 0 Å². The third-order valence-corrected chi connectivity index (χ3v) is 4.23. The maximum absolute atomic E-state index is 12.2. The molecule has 23 heavy (non-hydrogen) atoms. The summed E-state index contributed by atoms with van der Waals surface area (Å²) in [6.45, 7) is 4.68. The maximum atomic E-state index is 12.2. The molecule has 1 aliphatic rings. The lowest BCUT2D eigenvalue weighted by Gasteiger charge is -2.35. The van der Waals surface area contributed by atoms with E-state index in [1.807, 2.05) is 16.7 Å². The Morgan fingerprint density at radius 1 is 1.43 bits per heavy atom. The van der Waals surface area contributed by atoms with E-state index in [0.717, 1.165) is 17.3 Å². The van der Waals surface area contributed by atoms with Crippen molar-refractivity contribution >= 4 is 40.2 Å². The van der Waals surface area contributed by atoms with Crippen molar-refractivity contribution in [3.63, 3.8) is 0 Å². The van der Waals surface area contributed by atoms with E-state index in [1.165, 1.54) is 0 Å². The van der Waals surface area contributed by atoms with Gasteiger partial charge in [0.25, 0.3) is 0 Å². The van der Waals surface area contributed by atoms with Gasteiger partial charge in [-0.3, -0.25) is 4.79 Å². The molecule has 0 bridgehead atoms. The van der Waals surface area contributed by atoms with Crippen LogP contribution >= 0.6 is 28.3 Å². The predicted octanol–water partition coefficient (Wildman–Crippen LogP) is 1.45. The van der Waals surface area contributed by atoms with Gasteiger partial charge in [0.2, 0.25) is 17.7 Å². The molecule has 1 atom stereocenters. The number of piperazine rings is 1. The summed E-state index contributed by atoms with van der Waals surface area (Å²) in [5.74, 6) is 1.16. The van der Waals surface area contributed by atoms with Crippen molar-refractivity contribution < 1.29 is 9.53 Å². The largest absolute Gasteiger partial charge is 0.480 e. The first-order valence-electron chi connectivity index (χ1n) is 7.42. The summed E-state index contributed by atoms with van der Waals surface area (Å²) < 4.78 is 5.91. The summed E-state index contributed by atoms with van der Waals surface area (Å²) in [5.41, 5.74) is 5.91. The average molecular weight is 409 g/mol. The molecule has 1 aromatic heterocycles. The van der Waals surface area contributed by atoms with E-state index in [-0.39, 0.29) is 24.4 Å². The van der Waals surface area contributed by atoms with Crippen LogP contribution < -0.4 is 15.4 Å². The molecule has 0 radical (unpaired) electrons. The average Bonchev–Trinajstić information content (AvgIpc) is 2.55. The molecule has 1 fully saturated rings. The monoisotopic (exact) mass is 407 g/mol. The van der Waals surface area contributed by atoms with Gasteiger partial charge >= 0.3 is 0 Å². The molecular formula is C14H23BrClN5O2. The second kappa shape index (κ2) is 9.24. The molecule has 0 spiro atoms. The van der Waals surface area contributed by atoms with E-state index < -0.39 is 0 Å². The third-order valence-electron chi connectivity index (χ3n) is 3.68. The Bertz CT molecular complexity index is 526. The number of amides is 1. The Kier molecular flexibility index (Phi) is 8.01. The van der Waals surface area contributed by atoms with Crippen LogP contribution in [-0.2, 0) is 4.79 Å². The number of ether oxygens (including phenoxy) is 1. The molecule has 9 heteroatoms. The molecular weight excluding hydrogens is 386 g/mol. The second-order valence-electron chi connectivity index (χ2n) is 5.23. The van der Waals surface area contributed by atoms with Crippen LogP contribution in [0.4, 0.5) is 5.95 Å². The van der Waals surface area contributed by atoms with Gasteiger partial charge in [-0.1, -0.05) is 13.3 Å². The molecule has 7 nitrogen and oxygen atoms in total. The Labute approximate surface area is 151 Å². The Balaban J connectivity index is 0.00000264. The lowest BCUT2D eigenvalue weighted by molar-refractivity contribution is -0.133. The van der Waals surface area contributed by atoms with Crippen LogP contribution in [0.2, 0.25) is 0 Å². The Morgan fingerprint density at radius 2 is 2.09 bits per heavy atom. The fraction of sp³-hybridized carbons (Fsp3) is 0.643. The first-order valence-corrected chi connectivity index (χ1v) is 8.22. The predicted molar refractivity (Wildman–Crippen MR) is 95.2 cm³/mol. The van der Waals surface area contributed by atoms with Gasteiger partial charge in [-0.15, -0.1) is 12.4 Å². The fourth-order valence-corrected chi connectivity index (χ4v) is 2.79. The van der Waals surface area contributed by atoms with Gasteiger partial charge in [-0.05, 0) is 22.4 Å². The van der Waals surface area contributed by atoms with E-state index in [0.29, 0.717) is 38.0 Å². The zero-order chi connectivity index (χ0) is 16.1. The van der Waals surface area contributed by atoms with Gasteiger partial charge in [-0.2, -0.15) is 4.98 Å². The molecule has 0 aromatic carbocycles. The zero-order valence-corrected chi connectivity index (χ0v) is 15.8. The number of hydrogen-bond donors (Lipinski definition) is 1. The molecule has 1 saturated heterocycles. The minimum Gasteiger partial charge on any atom is -0.480 e. The maximum Gasteiger partial charge on any atom is 0.239 e. The van der Waals surface area contributed by atoms with Crippen molar-refractivity contribution in [3.8, 4) is 5.88 Å². The van der Waals surface area contributed by atoms with Crippen molar-refractivity contribution in [2.75, 3.05) is 38.2 Å². The van der Waals surface area contributed by atoms with Crippen molar-refractivity contribution in [3.05, 3.63) is 10.7 Å². The van der Waals surface area contributed by atoms with Crippen LogP contribution in [0.1, 0.15) is 19.8 Å². The van der Waals surface area contributed by atoms with Gasteiger partial charge in [0.05, 0.1) is 23.8 Å². The first kappa shape index (κ1) is 19.9. The van der Waals surface area contributed by atoms with Crippen LogP contribution in [0.5, 0.6) is 5.88 Å². The number of nitrogens with zero attached hydrogens (tertiary/aromatic N) is 4. The number of carbonyl (C=O) groups is 1. The molecule has 0 saturated carbocycles. The normalized spacial score (nSPS) is 15.8. The lowest BCUT2D eigenvalue weighted by atomic mass is 10.1. The minimum atomic E-state index is -0.388. The summed E-state index contributed by atoms with van der Waals surface area (Å²) in [7, 11) is 1.57. The summed E-state index contributed by atoms with van der Waals surface area (Å²) in [4.78, 5) is 24.7. The minimum absolute atomic E-state index is 0. The number of rotatable bonds is 5. The van der Waals surface area contributed by atoms with E-state index in [1.54, 1.807) is 13.3 Å². The summed E-state index contributed by atoms with van der Waals surface area (Å²) in [6.07, 6.45) is 3.32. The summed E-state index contributed by atoms with van der Waals surface area (Å²) >= 11 is 3.34. The quantitative estimate of drug-likeness (QED) is 0.794. The van der Waals surface area contributed by atoms with E-state index in [9.17, 15) is 4.79 Å². The van der Waals surface area contributed by atoms with Crippen LogP contribution in [-0.4, -0.2) is 60.1 Å². The van der Waals surface area contributed by atoms with Crippen LogP contribution in [0.15, 0.2) is 10.7 Å². The van der Waals surface area contributed by atoms with Gasteiger partial charge in [0.15, 0.2) is 0 Å². The van der Waals surface area contributed by atoms with Crippen molar-refractivity contribution in [1.82, 2.24) is 14.9 Å². The number of methoxy groups -OCH3 is 1. The van der Waals surface area contributed by atoms with E-state index in [2.05, 4.69) is 25.9 Å². The van der Waals surface area contributed by atoms with E-state index in [4.69, 9.17) is 10.5 Å². The second-order valence-corrected chi connectivity index (χ2v) is 6.09. The highest BCUT2D eigenvalue weighted by atomic mass is 79.9. The highest BCUT2D eigenvalue weighted by molar-refractivity contribution is 9.10. The molecule has 1 unspecified atom stereocenters. The molecule has 2 heterocycles. The van der Waals surface area contributed by atoms with Gasteiger partial charge in [0.1, 0.15) is 0 Å². The van der Waals surface area contributed by atoms with Crippen molar-refractivity contribution in [2.24, 2.45) is 5.73 Å². The van der Waals surface area contributed by atoms with E-state index >= 15 is 0 Å². The highest BCUT2D eigenvalue weighted by Crippen LogP contribution is 2.23. The number of carbonyl (C=O) groups excluding carboxylic acids is 1. The molecule has 1 aromatic rings. The number of aromatic nitrogens is 2. The van der Waals surface area contributed by atoms with Crippen molar-refractivity contribution in [2.45, 2.75) is 25.8 Å².